The van der Waals surface area contributed by atoms with E-state index in [1.165, 1.54) is 70.0 Å². The van der Waals surface area contributed by atoms with Gasteiger partial charge in [0.15, 0.2) is 0 Å². The van der Waals surface area contributed by atoms with E-state index in [2.05, 4.69) is 61.5 Å². The number of hydrogen-bond donors (Lipinski definition) is 0. The topological polar surface area (TPSA) is 0 Å². The van der Waals surface area contributed by atoms with Gasteiger partial charge in [-0.1, -0.05) is 74.7 Å². The molecule has 0 N–H and O–H groups in total. The minimum absolute atomic E-state index is 1.18. The lowest BCUT2D eigenvalue weighted by Crippen LogP contribution is -1.92. The van der Waals surface area contributed by atoms with Crippen LogP contribution < -0.4 is 0 Å². The molecule has 0 nitrogen and oxygen atoms in total. The van der Waals surface area contributed by atoms with Crippen LogP contribution in [0.5, 0.6) is 0 Å². The van der Waals surface area contributed by atoms with Gasteiger partial charge < -0.3 is 0 Å². The van der Waals surface area contributed by atoms with Gasteiger partial charge in [0.1, 0.15) is 0 Å². The highest BCUT2D eigenvalue weighted by molar-refractivity contribution is 6.23. The molecule has 0 heterocycles. The Morgan fingerprint density at radius 2 is 1.77 bits per heavy atom. The van der Waals surface area contributed by atoms with Crippen LogP contribution in [0.3, 0.4) is 0 Å². The third kappa shape index (κ3) is 2.14. The van der Waals surface area contributed by atoms with Crippen LogP contribution >= 0.6 is 0 Å². The van der Waals surface area contributed by atoms with Gasteiger partial charge in [0.2, 0.25) is 0 Å². The van der Waals surface area contributed by atoms with Crippen molar-refractivity contribution < 1.29 is 0 Å². The maximum absolute atomic E-state index is 3.41. The van der Waals surface area contributed by atoms with Crippen LogP contribution in [0, 0.1) is 6.07 Å². The zero-order valence-electron chi connectivity index (χ0n) is 13.2. The molecular formula is C22H21. The largest absolute Gasteiger partial charge is 0.0654 e. The van der Waals surface area contributed by atoms with E-state index in [-0.39, 0.29) is 0 Å². The first kappa shape index (κ1) is 13.6. The van der Waals surface area contributed by atoms with Crippen LogP contribution in [0.15, 0.2) is 48.5 Å². The smallest absolute Gasteiger partial charge is 0.00178 e. The molecule has 0 atom stereocenters. The van der Waals surface area contributed by atoms with Crippen molar-refractivity contribution in [2.75, 3.05) is 0 Å². The first-order valence-electron chi connectivity index (χ1n) is 8.45. The molecule has 0 saturated heterocycles. The zero-order valence-corrected chi connectivity index (χ0v) is 13.2. The number of aryl methyl sites for hydroxylation is 1. The van der Waals surface area contributed by atoms with E-state index in [1.807, 2.05) is 0 Å². The Balaban J connectivity index is 1.92. The quantitative estimate of drug-likeness (QED) is 0.290. The standard InChI is InChI=1S/C22H21/c1-2-3-4-5-8-18-15-19-11-6-9-16-13-14-17-10-7-12-20(18)22(17)21(16)19/h6-7,9,11-15H,2-5,8H2,1H3. The summed E-state index contributed by atoms with van der Waals surface area (Å²) in [5.41, 5.74) is 1.50. The summed E-state index contributed by atoms with van der Waals surface area (Å²) in [6.07, 6.45) is 6.45. The first-order valence-corrected chi connectivity index (χ1v) is 8.45. The third-order valence-corrected chi connectivity index (χ3v) is 4.81. The fourth-order valence-corrected chi connectivity index (χ4v) is 3.71. The van der Waals surface area contributed by atoms with E-state index in [9.17, 15) is 0 Å². The molecule has 22 heavy (non-hydrogen) atoms. The Morgan fingerprint density at radius 1 is 0.864 bits per heavy atom. The van der Waals surface area contributed by atoms with Gasteiger partial charge in [-0.05, 0) is 56.8 Å². The summed E-state index contributed by atoms with van der Waals surface area (Å²) in [6.45, 7) is 2.27. The van der Waals surface area contributed by atoms with E-state index in [1.54, 1.807) is 0 Å². The lowest BCUT2D eigenvalue weighted by Gasteiger charge is -2.14. The van der Waals surface area contributed by atoms with Crippen LogP contribution in [-0.2, 0) is 6.42 Å². The molecular weight excluding hydrogens is 264 g/mol. The second kappa shape index (κ2) is 5.61. The average Bonchev–Trinajstić information content (AvgIpc) is 2.57. The molecule has 0 aliphatic rings. The highest BCUT2D eigenvalue weighted by Crippen LogP contribution is 2.36. The summed E-state index contributed by atoms with van der Waals surface area (Å²) in [7, 11) is 0. The van der Waals surface area contributed by atoms with Gasteiger partial charge in [0.25, 0.3) is 0 Å². The van der Waals surface area contributed by atoms with Crippen LogP contribution in [0.2, 0.25) is 0 Å². The van der Waals surface area contributed by atoms with Gasteiger partial charge in [-0.2, -0.15) is 0 Å². The number of hydrogen-bond acceptors (Lipinski definition) is 0. The number of benzene rings is 4. The second-order valence-corrected chi connectivity index (χ2v) is 6.31. The lowest BCUT2D eigenvalue weighted by molar-refractivity contribution is 0.668. The van der Waals surface area contributed by atoms with Crippen molar-refractivity contribution >= 4 is 32.3 Å². The summed E-state index contributed by atoms with van der Waals surface area (Å²) in [4.78, 5) is 0. The van der Waals surface area contributed by atoms with Crippen molar-refractivity contribution in [1.82, 2.24) is 0 Å². The van der Waals surface area contributed by atoms with E-state index in [0.717, 1.165) is 0 Å². The zero-order chi connectivity index (χ0) is 14.9. The highest BCUT2D eigenvalue weighted by atomic mass is 14.1. The Hall–Kier alpha value is -2.08. The average molecular weight is 285 g/mol. The first-order chi connectivity index (χ1) is 10.9. The maximum Gasteiger partial charge on any atom is -0.00178 e. The molecule has 0 amide bonds. The normalized spacial score (nSPS) is 11.9. The fraction of sp³-hybridized carbons (Fsp3) is 0.273. The lowest BCUT2D eigenvalue weighted by atomic mass is 9.90. The third-order valence-electron chi connectivity index (χ3n) is 4.81. The molecule has 0 aliphatic carbocycles. The van der Waals surface area contributed by atoms with Crippen LogP contribution in [0.1, 0.15) is 38.2 Å². The molecule has 1 radical (unpaired) electrons. The van der Waals surface area contributed by atoms with E-state index < -0.39 is 0 Å². The molecule has 0 saturated carbocycles. The van der Waals surface area contributed by atoms with Crippen molar-refractivity contribution in [3.63, 3.8) is 0 Å². The van der Waals surface area contributed by atoms with Crippen molar-refractivity contribution in [3.8, 4) is 0 Å². The van der Waals surface area contributed by atoms with Crippen molar-refractivity contribution in [1.29, 1.82) is 0 Å². The van der Waals surface area contributed by atoms with Crippen LogP contribution in [-0.4, -0.2) is 0 Å². The summed E-state index contributed by atoms with van der Waals surface area (Å²) in [5, 5.41) is 8.20. The molecule has 4 aromatic carbocycles. The van der Waals surface area contributed by atoms with Gasteiger partial charge in [-0.3, -0.25) is 0 Å². The van der Waals surface area contributed by atoms with E-state index in [4.69, 9.17) is 0 Å². The molecule has 4 aromatic rings. The molecule has 4 rings (SSSR count). The highest BCUT2D eigenvalue weighted by Gasteiger charge is 2.11. The molecule has 0 spiro atoms. The van der Waals surface area contributed by atoms with Crippen LogP contribution in [0.4, 0.5) is 0 Å². The summed E-state index contributed by atoms with van der Waals surface area (Å²) in [6, 6.07) is 21.2. The van der Waals surface area contributed by atoms with E-state index >= 15 is 0 Å². The Kier molecular flexibility index (Phi) is 3.46. The minimum atomic E-state index is 1.18. The van der Waals surface area contributed by atoms with Crippen LogP contribution in [0.25, 0.3) is 32.3 Å². The fourth-order valence-electron chi connectivity index (χ4n) is 3.71. The molecule has 0 bridgehead atoms. The Bertz CT molecular complexity index is 917. The van der Waals surface area contributed by atoms with Gasteiger partial charge >= 0.3 is 0 Å². The van der Waals surface area contributed by atoms with Gasteiger partial charge in [0.05, 0.1) is 0 Å². The monoisotopic (exact) mass is 285 g/mol. The van der Waals surface area contributed by atoms with Crippen molar-refractivity contribution in [2.24, 2.45) is 0 Å². The predicted octanol–water partition coefficient (Wildman–Crippen LogP) is 6.51. The molecule has 0 aliphatic heterocycles. The van der Waals surface area contributed by atoms with Gasteiger partial charge in [0, 0.05) is 0 Å². The summed E-state index contributed by atoms with van der Waals surface area (Å²) in [5.74, 6) is 0. The maximum atomic E-state index is 3.41. The minimum Gasteiger partial charge on any atom is -0.0654 e. The molecule has 0 aromatic heterocycles. The second-order valence-electron chi connectivity index (χ2n) is 6.31. The molecule has 109 valence electrons. The predicted molar refractivity (Wildman–Crippen MR) is 96.8 cm³/mol. The Labute approximate surface area is 132 Å². The number of rotatable bonds is 5. The molecule has 0 heteroatoms. The SMILES string of the molecule is CCCCCCc1cc2cccc3ccc4[c]ccc1c4c32. The molecule has 0 fully saturated rings. The van der Waals surface area contributed by atoms with Crippen molar-refractivity contribution in [2.45, 2.75) is 39.0 Å². The van der Waals surface area contributed by atoms with E-state index in [0.29, 0.717) is 0 Å². The van der Waals surface area contributed by atoms with Crippen molar-refractivity contribution in [3.05, 3.63) is 60.2 Å². The summed E-state index contributed by atoms with van der Waals surface area (Å²) >= 11 is 0. The van der Waals surface area contributed by atoms with Gasteiger partial charge in [-0.25, -0.2) is 0 Å². The van der Waals surface area contributed by atoms with Gasteiger partial charge in [-0.15, -0.1) is 0 Å². The molecule has 0 unspecified atom stereocenters. The summed E-state index contributed by atoms with van der Waals surface area (Å²) < 4.78 is 0. The number of unbranched alkanes of at least 4 members (excludes halogenated alkanes) is 3. The Morgan fingerprint density at radius 3 is 2.68 bits per heavy atom.